The number of halogens is 4. The Balaban J connectivity index is 0.000000184. The fourth-order valence-corrected chi connectivity index (χ4v) is 7.05. The minimum Gasteiger partial charge on any atom is -0.312 e. The monoisotopic (exact) mass is 626 g/mol. The summed E-state index contributed by atoms with van der Waals surface area (Å²) in [5, 5.41) is 9.44. The van der Waals surface area contributed by atoms with Gasteiger partial charge in [-0.1, -0.05) is 114 Å². The third-order valence-electron chi connectivity index (χ3n) is 8.40. The lowest BCUT2D eigenvalue weighted by Crippen LogP contribution is -2.28. The third-order valence-corrected chi connectivity index (χ3v) is 9.88. The van der Waals surface area contributed by atoms with E-state index in [4.69, 9.17) is 46.4 Å². The highest BCUT2D eigenvalue weighted by Crippen LogP contribution is 2.43. The average Bonchev–Trinajstić information content (AvgIpc) is 2.99. The first-order valence-corrected chi connectivity index (χ1v) is 15.3. The van der Waals surface area contributed by atoms with Crippen LogP contribution in [0.3, 0.4) is 0 Å². The van der Waals surface area contributed by atoms with Gasteiger partial charge in [0.25, 0.3) is 0 Å². The Kier molecular flexibility index (Phi) is 11.2. The van der Waals surface area contributed by atoms with Crippen LogP contribution in [-0.2, 0) is 12.8 Å². The quantitative estimate of drug-likeness (QED) is 0.235. The number of benzene rings is 4. The highest BCUT2D eigenvalue weighted by atomic mass is 35.5. The zero-order valence-electron chi connectivity index (χ0n) is 22.7. The molecular weight excluding hydrogens is 590 g/mol. The summed E-state index contributed by atoms with van der Waals surface area (Å²) in [6.45, 7) is 0. The van der Waals surface area contributed by atoms with E-state index < -0.39 is 0 Å². The highest BCUT2D eigenvalue weighted by Gasteiger charge is 2.30. The van der Waals surface area contributed by atoms with Gasteiger partial charge in [0.05, 0.1) is 20.1 Å². The zero-order chi connectivity index (χ0) is 28.2. The molecule has 4 aromatic rings. The van der Waals surface area contributed by atoms with Gasteiger partial charge in [0.2, 0.25) is 0 Å². The molecule has 0 heterocycles. The van der Waals surface area contributed by atoms with Crippen molar-refractivity contribution in [2.45, 2.75) is 57.0 Å². The van der Waals surface area contributed by atoms with Crippen molar-refractivity contribution in [1.29, 1.82) is 0 Å². The summed E-state index contributed by atoms with van der Waals surface area (Å²) < 4.78 is 0. The molecule has 4 atom stereocenters. The van der Waals surface area contributed by atoms with Gasteiger partial charge in [-0.15, -0.1) is 0 Å². The van der Waals surface area contributed by atoms with E-state index >= 15 is 0 Å². The fourth-order valence-electron chi connectivity index (χ4n) is 6.44. The summed E-state index contributed by atoms with van der Waals surface area (Å²) in [6.07, 6.45) is 4.47. The molecule has 0 unspecified atom stereocenters. The van der Waals surface area contributed by atoms with Gasteiger partial charge in [-0.3, -0.25) is 0 Å². The van der Waals surface area contributed by atoms with Crippen molar-refractivity contribution >= 4 is 46.4 Å². The molecule has 0 amide bonds. The number of rotatable bonds is 4. The van der Waals surface area contributed by atoms with Gasteiger partial charge < -0.3 is 10.6 Å². The molecule has 2 aliphatic rings. The van der Waals surface area contributed by atoms with Crippen LogP contribution < -0.4 is 10.6 Å². The van der Waals surface area contributed by atoms with Gasteiger partial charge >= 0.3 is 0 Å². The molecule has 216 valence electrons. The first-order valence-electron chi connectivity index (χ1n) is 13.8. The summed E-state index contributed by atoms with van der Waals surface area (Å²) in [5.74, 6) is 0.870. The molecule has 0 radical (unpaired) electrons. The van der Waals surface area contributed by atoms with Crippen molar-refractivity contribution in [3.05, 3.63) is 138 Å². The number of hydrogen-bond donors (Lipinski definition) is 2. The predicted octanol–water partition coefficient (Wildman–Crippen LogP) is 10.6. The van der Waals surface area contributed by atoms with E-state index in [2.05, 4.69) is 71.3 Å². The van der Waals surface area contributed by atoms with Gasteiger partial charge in [-0.2, -0.15) is 0 Å². The van der Waals surface area contributed by atoms with E-state index in [9.17, 15) is 0 Å². The van der Waals surface area contributed by atoms with Crippen LogP contribution in [0.15, 0.2) is 84.9 Å². The second-order valence-corrected chi connectivity index (χ2v) is 12.2. The normalized spacial score (nSPS) is 21.0. The van der Waals surface area contributed by atoms with E-state index in [1.807, 2.05) is 38.4 Å². The van der Waals surface area contributed by atoms with Crippen molar-refractivity contribution in [2.24, 2.45) is 0 Å². The average molecular weight is 629 g/mol. The van der Waals surface area contributed by atoms with Gasteiger partial charge in [-0.05, 0) is 97.4 Å². The molecule has 0 fully saturated rings. The van der Waals surface area contributed by atoms with Crippen molar-refractivity contribution in [2.75, 3.05) is 14.1 Å². The van der Waals surface area contributed by atoms with Gasteiger partial charge in [0.15, 0.2) is 0 Å². The van der Waals surface area contributed by atoms with E-state index in [-0.39, 0.29) is 7.43 Å². The molecule has 41 heavy (non-hydrogen) atoms. The van der Waals surface area contributed by atoms with Gasteiger partial charge in [0, 0.05) is 23.9 Å². The molecule has 0 saturated heterocycles. The Morgan fingerprint density at radius 1 is 0.537 bits per heavy atom. The molecule has 6 rings (SSSR count). The van der Waals surface area contributed by atoms with Gasteiger partial charge in [-0.25, -0.2) is 0 Å². The molecule has 6 heteroatoms. The van der Waals surface area contributed by atoms with Crippen LogP contribution in [0.1, 0.15) is 77.6 Å². The van der Waals surface area contributed by atoms with Crippen LogP contribution in [-0.4, -0.2) is 14.1 Å². The largest absolute Gasteiger partial charge is 0.312 e. The summed E-state index contributed by atoms with van der Waals surface area (Å²) in [6, 6.07) is 30.0. The molecule has 0 aromatic heterocycles. The number of fused-ring (bicyclic) bond motifs is 2. The maximum Gasteiger partial charge on any atom is 0.0595 e. The maximum absolute atomic E-state index is 6.17. The van der Waals surface area contributed by atoms with Crippen molar-refractivity contribution in [1.82, 2.24) is 10.6 Å². The van der Waals surface area contributed by atoms with Gasteiger partial charge in [0.1, 0.15) is 0 Å². The lowest BCUT2D eigenvalue weighted by Gasteiger charge is -2.34. The lowest BCUT2D eigenvalue weighted by atomic mass is 9.76. The maximum atomic E-state index is 6.17. The second kappa shape index (κ2) is 14.4. The SMILES string of the molecule is C.CN[C@@H]1c2ccccc2CC[C@@H]1c1ccc(Cl)c(Cl)c1.CN[C@H]1c2ccccc2CC[C@H]1c1ccc(Cl)c(Cl)c1. The van der Waals surface area contributed by atoms with Crippen LogP contribution >= 0.6 is 46.4 Å². The van der Waals surface area contributed by atoms with Crippen LogP contribution in [0.4, 0.5) is 0 Å². The smallest absolute Gasteiger partial charge is 0.0595 e. The van der Waals surface area contributed by atoms with Crippen molar-refractivity contribution < 1.29 is 0 Å². The van der Waals surface area contributed by atoms with Crippen molar-refractivity contribution in [3.8, 4) is 0 Å². The van der Waals surface area contributed by atoms with Crippen LogP contribution in [0.2, 0.25) is 20.1 Å². The minimum atomic E-state index is 0. The van der Waals surface area contributed by atoms with Crippen molar-refractivity contribution in [3.63, 3.8) is 0 Å². The standard InChI is InChI=1S/2C17H17Cl2N.CH4/c2*1-20-17-13-5-3-2-4-11(13)6-8-14(17)12-7-9-15(18)16(19)10-12;/h2*2-5,7,9-10,14,17,20H,6,8H2,1H3;1H4/t2*14-,17-;/m10./s1. The third kappa shape index (κ3) is 6.96. The predicted molar refractivity (Wildman–Crippen MR) is 178 cm³/mol. The lowest BCUT2D eigenvalue weighted by molar-refractivity contribution is 0.428. The minimum absolute atomic E-state index is 0. The molecule has 2 N–H and O–H groups in total. The van der Waals surface area contributed by atoms with Crippen LogP contribution in [0.25, 0.3) is 0 Å². The summed E-state index contributed by atoms with van der Waals surface area (Å²) in [5.41, 5.74) is 8.21. The van der Waals surface area contributed by atoms with E-state index in [1.165, 1.54) is 33.4 Å². The second-order valence-electron chi connectivity index (χ2n) is 10.6. The number of hydrogen-bond acceptors (Lipinski definition) is 2. The molecule has 0 saturated carbocycles. The molecule has 0 bridgehead atoms. The fraction of sp³-hybridized carbons (Fsp3) is 0.314. The Morgan fingerprint density at radius 2 is 0.927 bits per heavy atom. The van der Waals surface area contributed by atoms with E-state index in [0.717, 1.165) is 25.7 Å². The Hall–Kier alpha value is -2.04. The number of aryl methyl sites for hydroxylation is 2. The summed E-state index contributed by atoms with van der Waals surface area (Å²) in [7, 11) is 4.05. The first kappa shape index (κ1) is 31.9. The topological polar surface area (TPSA) is 24.1 Å². The number of likely N-dealkylation sites (N-methyl/N-ethyl adjacent to an activating group) is 2. The molecular formula is C35H38Cl4N2. The first-order chi connectivity index (χ1) is 19.4. The van der Waals surface area contributed by atoms with E-state index in [0.29, 0.717) is 44.0 Å². The van der Waals surface area contributed by atoms with Crippen LogP contribution in [0.5, 0.6) is 0 Å². The number of nitrogens with one attached hydrogen (secondary N) is 2. The molecule has 0 aliphatic heterocycles. The summed E-state index contributed by atoms with van der Waals surface area (Å²) >= 11 is 24.4. The molecule has 2 aliphatic carbocycles. The van der Waals surface area contributed by atoms with Crippen LogP contribution in [0, 0.1) is 0 Å². The Labute approximate surface area is 265 Å². The molecule has 0 spiro atoms. The molecule has 4 aromatic carbocycles. The Bertz CT molecular complexity index is 1360. The molecule has 2 nitrogen and oxygen atoms in total. The van der Waals surface area contributed by atoms with E-state index in [1.54, 1.807) is 0 Å². The zero-order valence-corrected chi connectivity index (χ0v) is 25.8. The summed E-state index contributed by atoms with van der Waals surface area (Å²) in [4.78, 5) is 0. The highest BCUT2D eigenvalue weighted by molar-refractivity contribution is 6.42. The Morgan fingerprint density at radius 3 is 1.29 bits per heavy atom.